The summed E-state index contributed by atoms with van der Waals surface area (Å²) in [6, 6.07) is 6.79. The van der Waals surface area contributed by atoms with Gasteiger partial charge < -0.3 is 5.32 Å². The van der Waals surface area contributed by atoms with Crippen LogP contribution in [0.3, 0.4) is 0 Å². The second kappa shape index (κ2) is 6.21. The minimum absolute atomic E-state index is 0.0366. The summed E-state index contributed by atoms with van der Waals surface area (Å²) >= 11 is 1.48. The predicted octanol–water partition coefficient (Wildman–Crippen LogP) is 4.25. The molecule has 0 aliphatic carbocycles. The van der Waals surface area contributed by atoms with Crippen LogP contribution in [-0.4, -0.2) is 11.0 Å². The van der Waals surface area contributed by atoms with Crippen molar-refractivity contribution in [3.05, 3.63) is 40.9 Å². The van der Waals surface area contributed by atoms with Gasteiger partial charge in [-0.05, 0) is 6.07 Å². The Balaban J connectivity index is 2.16. The molecule has 0 radical (unpaired) electrons. The molecule has 1 aromatic heterocycles. The summed E-state index contributed by atoms with van der Waals surface area (Å²) in [6.07, 6.45) is -2.44. The number of nitrogens with one attached hydrogen (secondary N) is 1. The molecule has 1 aromatic carbocycles. The van der Waals surface area contributed by atoms with Crippen LogP contribution in [0.2, 0.25) is 0 Å². The third kappa shape index (κ3) is 3.81. The van der Waals surface area contributed by atoms with Gasteiger partial charge in [0.2, 0.25) is 0 Å². The lowest BCUT2D eigenvalue weighted by molar-refractivity contribution is 0.151. The summed E-state index contributed by atoms with van der Waals surface area (Å²) in [5.41, 5.74) is 1.73. The fourth-order valence-electron chi connectivity index (χ4n) is 1.64. The number of aromatic nitrogens is 1. The van der Waals surface area contributed by atoms with Gasteiger partial charge in [-0.15, -0.1) is 11.3 Å². The molecule has 0 fully saturated rings. The van der Waals surface area contributed by atoms with E-state index in [9.17, 15) is 8.78 Å². The molecule has 0 saturated heterocycles. The third-order valence-electron chi connectivity index (χ3n) is 2.63. The number of hydrogen-bond donors (Lipinski definition) is 1. The van der Waals surface area contributed by atoms with E-state index >= 15 is 0 Å². The van der Waals surface area contributed by atoms with Crippen LogP contribution in [0.15, 0.2) is 29.6 Å². The molecule has 0 amide bonds. The lowest BCUT2D eigenvalue weighted by atomic mass is 10.1. The smallest absolute Gasteiger partial charge is 0.263 e. The van der Waals surface area contributed by atoms with E-state index in [0.717, 1.165) is 16.3 Å². The summed E-state index contributed by atoms with van der Waals surface area (Å²) in [4.78, 5) is 4.46. The molecule has 0 atom stereocenters. The zero-order chi connectivity index (χ0) is 13.8. The molecular weight excluding hydrogens is 266 g/mol. The van der Waals surface area contributed by atoms with E-state index in [1.807, 2.05) is 11.4 Å². The Hall–Kier alpha value is -1.33. The van der Waals surface area contributed by atoms with E-state index in [0.29, 0.717) is 12.6 Å². The molecular formula is C14H16F2N2S. The Morgan fingerprint density at radius 3 is 2.79 bits per heavy atom. The SMILES string of the molecule is CC(C)NCc1csc(-c2cccc(C(F)F)c2)n1. The van der Waals surface area contributed by atoms with E-state index < -0.39 is 6.43 Å². The predicted molar refractivity (Wildman–Crippen MR) is 74.5 cm³/mol. The molecule has 0 bridgehead atoms. The zero-order valence-electron chi connectivity index (χ0n) is 10.9. The Kier molecular flexibility index (Phi) is 4.61. The number of nitrogens with zero attached hydrogens (tertiary/aromatic N) is 1. The number of alkyl halides is 2. The number of benzene rings is 1. The van der Waals surface area contributed by atoms with Crippen molar-refractivity contribution >= 4 is 11.3 Å². The lowest BCUT2D eigenvalue weighted by Crippen LogP contribution is -2.21. The quantitative estimate of drug-likeness (QED) is 0.887. The van der Waals surface area contributed by atoms with Gasteiger partial charge in [-0.1, -0.05) is 32.0 Å². The Bertz CT molecular complexity index is 538. The van der Waals surface area contributed by atoms with Crippen LogP contribution >= 0.6 is 11.3 Å². The fourth-order valence-corrected chi connectivity index (χ4v) is 2.45. The minimum Gasteiger partial charge on any atom is -0.309 e. The van der Waals surface area contributed by atoms with Gasteiger partial charge in [0.05, 0.1) is 5.69 Å². The van der Waals surface area contributed by atoms with Gasteiger partial charge in [0.25, 0.3) is 6.43 Å². The normalized spacial score (nSPS) is 11.5. The molecule has 2 nitrogen and oxygen atoms in total. The molecule has 2 aromatic rings. The summed E-state index contributed by atoms with van der Waals surface area (Å²) in [6.45, 7) is 4.83. The van der Waals surface area contributed by atoms with Crippen LogP contribution < -0.4 is 5.32 Å². The maximum atomic E-state index is 12.7. The van der Waals surface area contributed by atoms with Crippen molar-refractivity contribution in [2.75, 3.05) is 0 Å². The molecule has 0 aliphatic rings. The number of halogens is 2. The number of thiazole rings is 1. The second-order valence-corrected chi connectivity index (χ2v) is 5.46. The van der Waals surface area contributed by atoms with Gasteiger partial charge in [0.1, 0.15) is 5.01 Å². The standard InChI is InChI=1S/C14H16F2N2S/c1-9(2)17-7-12-8-19-14(18-12)11-5-3-4-10(6-11)13(15)16/h3-6,8-9,13,17H,7H2,1-2H3. The molecule has 19 heavy (non-hydrogen) atoms. The first-order valence-electron chi connectivity index (χ1n) is 6.12. The van der Waals surface area contributed by atoms with Crippen molar-refractivity contribution < 1.29 is 8.78 Å². The van der Waals surface area contributed by atoms with Crippen LogP contribution in [0, 0.1) is 0 Å². The molecule has 0 aliphatic heterocycles. The molecule has 102 valence electrons. The van der Waals surface area contributed by atoms with Crippen LogP contribution in [0.4, 0.5) is 8.78 Å². The minimum atomic E-state index is -2.44. The van der Waals surface area contributed by atoms with Gasteiger partial charge >= 0.3 is 0 Å². The van der Waals surface area contributed by atoms with Crippen molar-refractivity contribution in [3.63, 3.8) is 0 Å². The van der Waals surface area contributed by atoms with Crippen molar-refractivity contribution in [2.45, 2.75) is 32.9 Å². The first-order valence-corrected chi connectivity index (χ1v) is 7.00. The van der Waals surface area contributed by atoms with E-state index in [1.165, 1.54) is 23.5 Å². The van der Waals surface area contributed by atoms with Crippen LogP contribution in [-0.2, 0) is 6.54 Å². The highest BCUT2D eigenvalue weighted by Gasteiger charge is 2.10. The molecule has 0 saturated carbocycles. The average molecular weight is 282 g/mol. The van der Waals surface area contributed by atoms with Crippen molar-refractivity contribution in [2.24, 2.45) is 0 Å². The largest absolute Gasteiger partial charge is 0.309 e. The molecule has 1 N–H and O–H groups in total. The van der Waals surface area contributed by atoms with Crippen molar-refractivity contribution in [1.82, 2.24) is 10.3 Å². The monoisotopic (exact) mass is 282 g/mol. The van der Waals surface area contributed by atoms with Gasteiger partial charge in [0.15, 0.2) is 0 Å². The van der Waals surface area contributed by atoms with Gasteiger partial charge in [0, 0.05) is 29.1 Å². The number of hydrogen-bond acceptors (Lipinski definition) is 3. The first kappa shape index (κ1) is 14.1. The molecule has 1 heterocycles. The van der Waals surface area contributed by atoms with Crippen LogP contribution in [0.25, 0.3) is 10.6 Å². The molecule has 5 heteroatoms. The molecule has 2 rings (SSSR count). The number of rotatable bonds is 5. The second-order valence-electron chi connectivity index (χ2n) is 4.61. The molecule has 0 spiro atoms. The highest BCUT2D eigenvalue weighted by atomic mass is 32.1. The Labute approximate surface area is 115 Å². The van der Waals surface area contributed by atoms with E-state index in [4.69, 9.17) is 0 Å². The highest BCUT2D eigenvalue weighted by Crippen LogP contribution is 2.27. The van der Waals surface area contributed by atoms with Gasteiger partial charge in [-0.25, -0.2) is 13.8 Å². The zero-order valence-corrected chi connectivity index (χ0v) is 11.7. The fraction of sp³-hybridized carbons (Fsp3) is 0.357. The van der Waals surface area contributed by atoms with Crippen molar-refractivity contribution in [1.29, 1.82) is 0 Å². The maximum Gasteiger partial charge on any atom is 0.263 e. The molecule has 0 unspecified atom stereocenters. The van der Waals surface area contributed by atoms with Crippen LogP contribution in [0.5, 0.6) is 0 Å². The summed E-state index contributed by atoms with van der Waals surface area (Å²) in [7, 11) is 0. The maximum absolute atomic E-state index is 12.7. The lowest BCUT2D eigenvalue weighted by Gasteiger charge is -2.05. The van der Waals surface area contributed by atoms with E-state index in [1.54, 1.807) is 6.07 Å². The van der Waals surface area contributed by atoms with E-state index in [-0.39, 0.29) is 5.56 Å². The average Bonchev–Trinajstić information content (AvgIpc) is 2.85. The third-order valence-corrected chi connectivity index (χ3v) is 3.57. The van der Waals surface area contributed by atoms with Crippen molar-refractivity contribution in [3.8, 4) is 10.6 Å². The van der Waals surface area contributed by atoms with Crippen LogP contribution in [0.1, 0.15) is 31.5 Å². The summed E-state index contributed by atoms with van der Waals surface area (Å²) in [5.74, 6) is 0. The van der Waals surface area contributed by atoms with Gasteiger partial charge in [-0.2, -0.15) is 0 Å². The Morgan fingerprint density at radius 1 is 1.32 bits per heavy atom. The summed E-state index contributed by atoms with van der Waals surface area (Å²) in [5, 5.41) is 6.02. The first-order chi connectivity index (χ1) is 9.06. The van der Waals surface area contributed by atoms with Gasteiger partial charge in [-0.3, -0.25) is 0 Å². The Morgan fingerprint density at radius 2 is 2.11 bits per heavy atom. The topological polar surface area (TPSA) is 24.9 Å². The van der Waals surface area contributed by atoms with E-state index in [2.05, 4.69) is 24.1 Å². The summed E-state index contributed by atoms with van der Waals surface area (Å²) < 4.78 is 25.3. The highest BCUT2D eigenvalue weighted by molar-refractivity contribution is 7.13.